The number of rotatable bonds is 4. The van der Waals surface area contributed by atoms with Crippen molar-refractivity contribution in [3.8, 4) is 0 Å². The largest absolute Gasteiger partial charge is 0.478 e. The summed E-state index contributed by atoms with van der Waals surface area (Å²) in [5.41, 5.74) is -0.390. The zero-order chi connectivity index (χ0) is 20.3. The molecule has 1 fully saturated rings. The van der Waals surface area contributed by atoms with Crippen LogP contribution in [0.15, 0.2) is 28.7 Å². The zero-order valence-corrected chi connectivity index (χ0v) is 15.0. The predicted molar refractivity (Wildman–Crippen MR) is 91.0 cm³/mol. The summed E-state index contributed by atoms with van der Waals surface area (Å²) in [5, 5.41) is 20.1. The lowest BCUT2D eigenvalue weighted by Gasteiger charge is -2.08. The lowest BCUT2D eigenvalue weighted by molar-refractivity contribution is 0.0685. The van der Waals surface area contributed by atoms with Crippen molar-refractivity contribution in [2.45, 2.75) is 18.9 Å². The number of carboxylic acid groups (broad SMARTS) is 2. The number of carbonyl (C=O) groups is 2. The lowest BCUT2D eigenvalue weighted by Crippen LogP contribution is -2.09. The molecule has 10 heteroatoms. The highest BCUT2D eigenvalue weighted by molar-refractivity contribution is 9.10. The molecule has 144 valence electrons. The summed E-state index contributed by atoms with van der Waals surface area (Å²) in [6.45, 7) is 0. The highest BCUT2D eigenvalue weighted by atomic mass is 79.9. The predicted octanol–water partition coefficient (Wildman–Crippen LogP) is 4.66. The van der Waals surface area contributed by atoms with Crippen LogP contribution in [0.1, 0.15) is 33.6 Å². The van der Waals surface area contributed by atoms with Crippen molar-refractivity contribution >= 4 is 33.6 Å². The molecule has 0 amide bonds. The van der Waals surface area contributed by atoms with Gasteiger partial charge in [-0.15, -0.1) is 0 Å². The van der Waals surface area contributed by atoms with E-state index in [2.05, 4.69) is 21.2 Å². The van der Waals surface area contributed by atoms with E-state index in [0.29, 0.717) is 12.1 Å². The standard InChI is InChI=1S/C10H9F2NO2.C7H3BrF2O2/c11-7-3-6(10(14)15)9(4-8(7)12)13-5-1-2-5;8-4-2-6(10)5(9)1-3(4)7(11)12/h3-5,13H,1-2H2,(H,14,15);1-2H,(H,11,12). The smallest absolute Gasteiger partial charge is 0.337 e. The first kappa shape index (κ1) is 20.7. The van der Waals surface area contributed by atoms with Gasteiger partial charge in [0.2, 0.25) is 0 Å². The number of anilines is 1. The summed E-state index contributed by atoms with van der Waals surface area (Å²) in [4.78, 5) is 21.1. The van der Waals surface area contributed by atoms with Gasteiger partial charge in [0.25, 0.3) is 0 Å². The topological polar surface area (TPSA) is 86.6 Å². The van der Waals surface area contributed by atoms with Crippen molar-refractivity contribution in [2.24, 2.45) is 0 Å². The number of nitrogens with one attached hydrogen (secondary N) is 1. The molecule has 27 heavy (non-hydrogen) atoms. The van der Waals surface area contributed by atoms with Gasteiger partial charge in [0.1, 0.15) is 0 Å². The van der Waals surface area contributed by atoms with Crippen LogP contribution >= 0.6 is 15.9 Å². The quantitative estimate of drug-likeness (QED) is 0.466. The van der Waals surface area contributed by atoms with E-state index in [4.69, 9.17) is 10.2 Å². The first-order valence-corrected chi connectivity index (χ1v) is 8.26. The van der Waals surface area contributed by atoms with Crippen LogP contribution in [-0.4, -0.2) is 28.2 Å². The van der Waals surface area contributed by atoms with Crippen LogP contribution in [0.25, 0.3) is 0 Å². The Balaban J connectivity index is 0.000000199. The summed E-state index contributed by atoms with van der Waals surface area (Å²) in [7, 11) is 0. The summed E-state index contributed by atoms with van der Waals surface area (Å²) < 4.78 is 50.6. The minimum Gasteiger partial charge on any atom is -0.478 e. The summed E-state index contributed by atoms with van der Waals surface area (Å²) in [6, 6.07) is 3.17. The van der Waals surface area contributed by atoms with Crippen LogP contribution in [0.4, 0.5) is 23.2 Å². The van der Waals surface area contributed by atoms with E-state index in [-0.39, 0.29) is 27.3 Å². The molecule has 0 aromatic heterocycles. The van der Waals surface area contributed by atoms with E-state index in [0.717, 1.165) is 25.0 Å². The molecule has 1 aliphatic carbocycles. The Hall–Kier alpha value is -2.62. The molecule has 2 aromatic rings. The molecule has 2 aromatic carbocycles. The third-order valence-corrected chi connectivity index (χ3v) is 4.12. The highest BCUT2D eigenvalue weighted by Gasteiger charge is 2.24. The van der Waals surface area contributed by atoms with Gasteiger partial charge < -0.3 is 15.5 Å². The fourth-order valence-corrected chi connectivity index (χ4v) is 2.46. The Labute approximate surface area is 158 Å². The lowest BCUT2D eigenvalue weighted by atomic mass is 10.1. The Kier molecular flexibility index (Phi) is 6.42. The van der Waals surface area contributed by atoms with E-state index in [9.17, 15) is 27.2 Å². The molecule has 1 aliphatic rings. The van der Waals surface area contributed by atoms with Crippen molar-refractivity contribution in [1.29, 1.82) is 0 Å². The van der Waals surface area contributed by atoms with Gasteiger partial charge in [0, 0.05) is 16.6 Å². The number of aromatic carboxylic acids is 2. The molecule has 3 N–H and O–H groups in total. The van der Waals surface area contributed by atoms with Gasteiger partial charge in [-0.3, -0.25) is 0 Å². The van der Waals surface area contributed by atoms with Gasteiger partial charge in [0.05, 0.1) is 16.8 Å². The normalized spacial score (nSPS) is 12.8. The van der Waals surface area contributed by atoms with E-state index in [1.807, 2.05) is 0 Å². The highest BCUT2D eigenvalue weighted by Crippen LogP contribution is 2.28. The van der Waals surface area contributed by atoms with Crippen LogP contribution in [0.2, 0.25) is 0 Å². The maximum absolute atomic E-state index is 12.9. The van der Waals surface area contributed by atoms with Crippen molar-refractivity contribution in [1.82, 2.24) is 0 Å². The molecule has 1 saturated carbocycles. The maximum Gasteiger partial charge on any atom is 0.337 e. The Morgan fingerprint density at radius 2 is 1.30 bits per heavy atom. The van der Waals surface area contributed by atoms with Gasteiger partial charge in [-0.05, 0) is 47.0 Å². The first-order valence-electron chi connectivity index (χ1n) is 7.46. The average molecular weight is 450 g/mol. The molecule has 0 radical (unpaired) electrons. The van der Waals surface area contributed by atoms with E-state index < -0.39 is 35.2 Å². The number of halogens is 5. The molecule has 0 unspecified atom stereocenters. The fourth-order valence-electron chi connectivity index (χ4n) is 1.98. The van der Waals surface area contributed by atoms with Gasteiger partial charge in [-0.2, -0.15) is 0 Å². The van der Waals surface area contributed by atoms with Crippen LogP contribution in [0, 0.1) is 23.3 Å². The second-order valence-corrected chi connectivity index (χ2v) is 6.44. The molecule has 0 saturated heterocycles. The second-order valence-electron chi connectivity index (χ2n) is 5.59. The molecule has 0 bridgehead atoms. The van der Waals surface area contributed by atoms with E-state index >= 15 is 0 Å². The molecular weight excluding hydrogens is 438 g/mol. The van der Waals surface area contributed by atoms with Crippen LogP contribution in [0.5, 0.6) is 0 Å². The van der Waals surface area contributed by atoms with Crippen molar-refractivity contribution in [2.75, 3.05) is 5.32 Å². The van der Waals surface area contributed by atoms with E-state index in [1.165, 1.54) is 0 Å². The number of benzene rings is 2. The Bertz CT molecular complexity index is 903. The third-order valence-electron chi connectivity index (χ3n) is 3.47. The SMILES string of the molecule is O=C(O)c1cc(F)c(F)cc1Br.O=C(O)c1cc(F)c(F)cc1NC1CC1. The third kappa shape index (κ3) is 5.43. The molecule has 0 spiro atoms. The number of hydrogen-bond acceptors (Lipinski definition) is 3. The molecule has 3 rings (SSSR count). The van der Waals surface area contributed by atoms with Gasteiger partial charge in [-0.1, -0.05) is 0 Å². The van der Waals surface area contributed by atoms with Crippen LogP contribution in [0.3, 0.4) is 0 Å². The maximum atomic E-state index is 12.9. The van der Waals surface area contributed by atoms with E-state index in [1.54, 1.807) is 0 Å². The molecule has 5 nitrogen and oxygen atoms in total. The summed E-state index contributed by atoms with van der Waals surface area (Å²) in [5.74, 6) is -7.00. The van der Waals surface area contributed by atoms with Crippen LogP contribution < -0.4 is 5.32 Å². The number of carboxylic acids is 2. The first-order chi connectivity index (χ1) is 12.6. The van der Waals surface area contributed by atoms with Crippen molar-refractivity contribution < 1.29 is 37.4 Å². The second kappa shape index (κ2) is 8.38. The fraction of sp³-hybridized carbons (Fsp3) is 0.176. The minimum absolute atomic E-state index is 0.0221. The summed E-state index contributed by atoms with van der Waals surface area (Å²) >= 11 is 2.79. The monoisotopic (exact) mass is 449 g/mol. The number of hydrogen-bond donors (Lipinski definition) is 3. The molecule has 0 atom stereocenters. The van der Waals surface area contributed by atoms with Gasteiger partial charge in [-0.25, -0.2) is 27.2 Å². The summed E-state index contributed by atoms with van der Waals surface area (Å²) in [6.07, 6.45) is 1.86. The average Bonchev–Trinajstić information content (AvgIpc) is 3.38. The Morgan fingerprint density at radius 3 is 1.78 bits per heavy atom. The minimum atomic E-state index is -1.30. The molecular formula is C17H12BrF4NO4. The molecule has 0 heterocycles. The van der Waals surface area contributed by atoms with Crippen LogP contribution in [-0.2, 0) is 0 Å². The van der Waals surface area contributed by atoms with Crippen molar-refractivity contribution in [3.05, 3.63) is 63.1 Å². The van der Waals surface area contributed by atoms with Crippen molar-refractivity contribution in [3.63, 3.8) is 0 Å². The Morgan fingerprint density at radius 1 is 0.852 bits per heavy atom. The van der Waals surface area contributed by atoms with Gasteiger partial charge >= 0.3 is 11.9 Å². The zero-order valence-electron chi connectivity index (χ0n) is 13.4. The molecule has 0 aliphatic heterocycles. The van der Waals surface area contributed by atoms with Gasteiger partial charge in [0.15, 0.2) is 23.3 Å².